The highest BCUT2D eigenvalue weighted by molar-refractivity contribution is 7.91. The molecule has 4 aromatic rings. The summed E-state index contributed by atoms with van der Waals surface area (Å²) in [7, 11) is -3.92. The highest BCUT2D eigenvalue weighted by Gasteiger charge is 2.21. The molecule has 4 N–H and O–H groups in total. The highest BCUT2D eigenvalue weighted by atomic mass is 32.2. The van der Waals surface area contributed by atoms with Gasteiger partial charge in [0.15, 0.2) is 6.04 Å². The van der Waals surface area contributed by atoms with E-state index in [0.29, 0.717) is 47.2 Å². The van der Waals surface area contributed by atoms with Crippen LogP contribution >= 0.6 is 11.3 Å². The summed E-state index contributed by atoms with van der Waals surface area (Å²) in [6.45, 7) is 0.238. The summed E-state index contributed by atoms with van der Waals surface area (Å²) in [5.41, 5.74) is 1.58. The van der Waals surface area contributed by atoms with Gasteiger partial charge in [0, 0.05) is 0 Å². The molecule has 0 fully saturated rings. The van der Waals surface area contributed by atoms with Crippen molar-refractivity contribution >= 4 is 43.5 Å². The molecule has 16 nitrogen and oxygen atoms in total. The summed E-state index contributed by atoms with van der Waals surface area (Å²) < 4.78 is 63.9. The summed E-state index contributed by atoms with van der Waals surface area (Å²) in [6, 6.07) is 10.6. The van der Waals surface area contributed by atoms with E-state index in [1.165, 1.54) is 10.9 Å². The lowest BCUT2D eigenvalue weighted by molar-refractivity contribution is -0.144. The van der Waals surface area contributed by atoms with E-state index in [4.69, 9.17) is 28.8 Å². The number of halogens is 1. The molecule has 0 bridgehead atoms. The van der Waals surface area contributed by atoms with Crippen LogP contribution in [0.4, 0.5) is 4.39 Å². The molecule has 2 aromatic carbocycles. The van der Waals surface area contributed by atoms with E-state index in [0.717, 1.165) is 16.9 Å². The zero-order chi connectivity index (χ0) is 33.6. The molecule has 0 aliphatic heterocycles. The third-order valence-electron chi connectivity index (χ3n) is 6.04. The van der Waals surface area contributed by atoms with Crippen LogP contribution < -0.4 is 19.9 Å². The van der Waals surface area contributed by atoms with Crippen molar-refractivity contribution in [2.24, 2.45) is 5.14 Å². The predicted octanol–water partition coefficient (Wildman–Crippen LogP) is 1.28. The second kappa shape index (κ2) is 17.6. The van der Waals surface area contributed by atoms with Crippen LogP contribution in [-0.4, -0.2) is 97.7 Å². The van der Waals surface area contributed by atoms with Crippen LogP contribution in [0.25, 0.3) is 10.2 Å². The van der Waals surface area contributed by atoms with Gasteiger partial charge in [0.1, 0.15) is 43.6 Å². The summed E-state index contributed by atoms with van der Waals surface area (Å²) in [5, 5.41) is 25.0. The first-order valence-electron chi connectivity index (χ1n) is 14.1. The third kappa shape index (κ3) is 11.8. The maximum atomic E-state index is 12.5. The van der Waals surface area contributed by atoms with Gasteiger partial charge in [-0.05, 0) is 35.9 Å². The standard InChI is InChI=1S/C28H33FN6O10S2/c29-6-7-41-8-9-42-10-11-44-21-3-1-2-19(12-21)16-43-18-24(27(37)38)31-26(36)15-35-14-20(33-34-35)17-45-22-4-5-23-25(13-22)46-28(32-23)47(30,39)40/h1-5,12-14,24H,6-11,15-18H2,(H,31,36)(H,37,38)(H2,30,39,40). The number of fused-ring (bicyclic) bond motifs is 1. The Morgan fingerprint density at radius 3 is 2.53 bits per heavy atom. The van der Waals surface area contributed by atoms with Crippen molar-refractivity contribution < 1.29 is 51.2 Å². The van der Waals surface area contributed by atoms with Crippen LogP contribution in [0.3, 0.4) is 0 Å². The molecule has 0 aliphatic rings. The Balaban J connectivity index is 1.18. The zero-order valence-corrected chi connectivity index (χ0v) is 26.6. The number of hydrogen-bond acceptors (Lipinski definition) is 13. The van der Waals surface area contributed by atoms with Gasteiger partial charge in [-0.15, -0.1) is 16.4 Å². The van der Waals surface area contributed by atoms with E-state index >= 15 is 0 Å². The number of amides is 1. The van der Waals surface area contributed by atoms with Crippen LogP contribution in [0.1, 0.15) is 11.3 Å². The van der Waals surface area contributed by atoms with Crippen LogP contribution in [-0.2, 0) is 53.6 Å². The Morgan fingerprint density at radius 1 is 1.00 bits per heavy atom. The van der Waals surface area contributed by atoms with Crippen molar-refractivity contribution in [3.63, 3.8) is 0 Å². The zero-order valence-electron chi connectivity index (χ0n) is 24.9. The number of nitrogens with one attached hydrogen (secondary N) is 1. The maximum absolute atomic E-state index is 12.5. The number of carbonyl (C=O) groups excluding carboxylic acids is 1. The van der Waals surface area contributed by atoms with Crippen molar-refractivity contribution in [2.75, 3.05) is 46.3 Å². The number of hydrogen-bond donors (Lipinski definition) is 3. The van der Waals surface area contributed by atoms with Crippen molar-refractivity contribution in [1.82, 2.24) is 25.3 Å². The molecule has 0 saturated carbocycles. The molecule has 0 radical (unpaired) electrons. The van der Waals surface area contributed by atoms with Crippen molar-refractivity contribution in [1.29, 1.82) is 0 Å². The average molecular weight is 697 g/mol. The Morgan fingerprint density at radius 2 is 1.77 bits per heavy atom. The van der Waals surface area contributed by atoms with E-state index in [9.17, 15) is 27.5 Å². The number of ether oxygens (including phenoxy) is 5. The number of sulfonamides is 1. The number of nitrogens with zero attached hydrogens (tertiary/aromatic N) is 4. The van der Waals surface area contributed by atoms with Crippen molar-refractivity contribution in [2.45, 2.75) is 30.1 Å². The van der Waals surface area contributed by atoms with Gasteiger partial charge in [-0.2, -0.15) is 0 Å². The minimum absolute atomic E-state index is 0.00234. The summed E-state index contributed by atoms with van der Waals surface area (Å²) in [6.07, 6.45) is 1.47. The van der Waals surface area contributed by atoms with E-state index in [1.807, 2.05) is 0 Å². The number of alkyl halides is 1. The quantitative estimate of drug-likeness (QED) is 0.105. The van der Waals surface area contributed by atoms with E-state index in [2.05, 4.69) is 20.6 Å². The molecule has 0 spiro atoms. The van der Waals surface area contributed by atoms with E-state index in [-0.39, 0.29) is 43.9 Å². The number of aliphatic carboxylic acids is 1. The molecule has 19 heteroatoms. The summed E-state index contributed by atoms with van der Waals surface area (Å²) in [5.74, 6) is -0.889. The molecular formula is C28H33FN6O10S2. The fourth-order valence-corrected chi connectivity index (χ4v) is 5.60. The number of rotatable bonds is 21. The number of carboxylic acids is 1. The predicted molar refractivity (Wildman–Crippen MR) is 164 cm³/mol. The first-order chi connectivity index (χ1) is 22.6. The van der Waals surface area contributed by atoms with Gasteiger partial charge in [-0.25, -0.2) is 32.4 Å². The number of nitrogens with two attached hydrogens (primary N) is 1. The lowest BCUT2D eigenvalue weighted by Crippen LogP contribution is -2.45. The second-order valence-corrected chi connectivity index (χ2v) is 12.5. The molecule has 2 heterocycles. The molecule has 254 valence electrons. The van der Waals surface area contributed by atoms with E-state index < -0.39 is 34.6 Å². The van der Waals surface area contributed by atoms with Crippen LogP contribution in [0.2, 0.25) is 0 Å². The monoisotopic (exact) mass is 696 g/mol. The third-order valence-corrected chi connectivity index (χ3v) is 8.37. The van der Waals surface area contributed by atoms with Gasteiger partial charge < -0.3 is 34.1 Å². The van der Waals surface area contributed by atoms with Gasteiger partial charge in [-0.1, -0.05) is 17.3 Å². The van der Waals surface area contributed by atoms with Crippen molar-refractivity contribution in [3.05, 3.63) is 59.9 Å². The lowest BCUT2D eigenvalue weighted by Gasteiger charge is -2.15. The van der Waals surface area contributed by atoms with Crippen molar-refractivity contribution in [3.8, 4) is 11.5 Å². The lowest BCUT2D eigenvalue weighted by atomic mass is 10.2. The molecule has 1 atom stereocenters. The summed E-state index contributed by atoms with van der Waals surface area (Å²) >= 11 is 0.917. The fourth-order valence-electron chi connectivity index (χ4n) is 3.91. The number of carboxylic acid groups (broad SMARTS) is 1. The SMILES string of the molecule is NS(=O)(=O)c1nc2ccc(OCc3cn(CC(=O)NC(COCc4cccc(OCCOCCOCCF)c4)C(=O)O)nn3)cc2s1. The molecule has 1 unspecified atom stereocenters. The summed E-state index contributed by atoms with van der Waals surface area (Å²) in [4.78, 5) is 28.3. The van der Waals surface area contributed by atoms with Gasteiger partial charge in [0.2, 0.25) is 10.2 Å². The highest BCUT2D eigenvalue weighted by Crippen LogP contribution is 2.28. The fraction of sp³-hybridized carbons (Fsp3) is 0.393. The van der Waals surface area contributed by atoms with E-state index in [1.54, 1.807) is 42.5 Å². The number of primary sulfonamides is 1. The maximum Gasteiger partial charge on any atom is 0.328 e. The number of thiazole rings is 1. The average Bonchev–Trinajstić information content (AvgIpc) is 3.67. The number of aromatic nitrogens is 4. The molecule has 1 amide bonds. The molecule has 47 heavy (non-hydrogen) atoms. The van der Waals surface area contributed by atoms with Crippen LogP contribution in [0.15, 0.2) is 53.0 Å². The van der Waals surface area contributed by atoms with Crippen LogP contribution in [0, 0.1) is 0 Å². The largest absolute Gasteiger partial charge is 0.491 e. The Bertz CT molecular complexity index is 1740. The smallest absolute Gasteiger partial charge is 0.328 e. The number of carbonyl (C=O) groups is 2. The first kappa shape index (κ1) is 35.6. The van der Waals surface area contributed by atoms with Gasteiger partial charge in [0.05, 0.1) is 56.1 Å². The number of benzene rings is 2. The Kier molecular flexibility index (Phi) is 13.3. The minimum atomic E-state index is -3.92. The topological polar surface area (TPSA) is 216 Å². The minimum Gasteiger partial charge on any atom is -0.491 e. The molecule has 4 rings (SSSR count). The van der Waals surface area contributed by atoms with Gasteiger partial charge in [0.25, 0.3) is 10.0 Å². The molecule has 0 saturated heterocycles. The Labute approximate surface area is 272 Å². The first-order valence-corrected chi connectivity index (χ1v) is 16.5. The normalized spacial score (nSPS) is 12.2. The van der Waals surface area contributed by atoms with Gasteiger partial charge in [-0.3, -0.25) is 4.79 Å². The second-order valence-electron chi connectivity index (χ2n) is 9.73. The molecular weight excluding hydrogens is 663 g/mol. The van der Waals surface area contributed by atoms with Gasteiger partial charge >= 0.3 is 5.97 Å². The Hall–Kier alpha value is -4.27. The molecule has 0 aliphatic carbocycles. The molecule has 2 aromatic heterocycles. The van der Waals surface area contributed by atoms with Crippen LogP contribution in [0.5, 0.6) is 11.5 Å².